The van der Waals surface area contributed by atoms with Gasteiger partial charge in [-0.3, -0.25) is 4.79 Å². The zero-order valence-corrected chi connectivity index (χ0v) is 7.57. The Morgan fingerprint density at radius 1 is 1.56 bits per heavy atom. The highest BCUT2D eigenvalue weighted by Crippen LogP contribution is 2.02. The first-order valence-electron chi connectivity index (χ1n) is 3.27. The second kappa shape index (κ2) is 4.98. The monoisotopic (exact) mass is 192 g/mol. The van der Waals surface area contributed by atoms with Crippen molar-refractivity contribution in [1.29, 1.82) is 0 Å². The zero-order valence-electron chi connectivity index (χ0n) is 5.98. The van der Waals surface area contributed by atoms with Crippen LogP contribution in [0.2, 0.25) is 0 Å². The molecule has 0 atom stereocenters. The van der Waals surface area contributed by atoms with Crippen LogP contribution in [-0.2, 0) is 4.79 Å². The van der Waals surface area contributed by atoms with Gasteiger partial charge in [-0.15, -0.1) is 0 Å². The molecule has 0 aliphatic heterocycles. The number of ketones is 1. The van der Waals surface area contributed by atoms with Crippen LogP contribution in [0, 0.1) is 5.92 Å². The summed E-state index contributed by atoms with van der Waals surface area (Å²) in [6.45, 7) is 3.88. The third kappa shape index (κ3) is 4.64. The molecule has 0 aromatic heterocycles. The average Bonchev–Trinajstić information content (AvgIpc) is 1.82. The summed E-state index contributed by atoms with van der Waals surface area (Å²) in [6, 6.07) is 0. The zero-order chi connectivity index (χ0) is 7.28. The van der Waals surface area contributed by atoms with Crippen molar-refractivity contribution in [2.24, 2.45) is 5.92 Å². The Morgan fingerprint density at radius 2 is 2.11 bits per heavy atom. The average molecular weight is 193 g/mol. The maximum atomic E-state index is 10.9. The maximum Gasteiger partial charge on any atom is 0.135 e. The van der Waals surface area contributed by atoms with Gasteiger partial charge in [0, 0.05) is 17.7 Å². The van der Waals surface area contributed by atoms with E-state index in [-0.39, 0.29) is 5.92 Å². The van der Waals surface area contributed by atoms with Crippen molar-refractivity contribution in [1.82, 2.24) is 0 Å². The minimum Gasteiger partial charge on any atom is -0.299 e. The molecule has 0 saturated carbocycles. The number of carbonyl (C=O) groups is 1. The van der Waals surface area contributed by atoms with Gasteiger partial charge in [0.25, 0.3) is 0 Å². The van der Waals surface area contributed by atoms with E-state index in [2.05, 4.69) is 15.9 Å². The molecule has 0 radical (unpaired) electrons. The van der Waals surface area contributed by atoms with Gasteiger partial charge in [-0.05, 0) is 6.42 Å². The Morgan fingerprint density at radius 3 is 2.44 bits per heavy atom. The van der Waals surface area contributed by atoms with Crippen LogP contribution >= 0.6 is 15.9 Å². The van der Waals surface area contributed by atoms with Gasteiger partial charge in [-0.25, -0.2) is 0 Å². The summed E-state index contributed by atoms with van der Waals surface area (Å²) in [6.07, 6.45) is 1.69. The molecule has 0 N–H and O–H groups in total. The van der Waals surface area contributed by atoms with E-state index in [1.165, 1.54) is 0 Å². The molecule has 0 aromatic carbocycles. The second-order valence-corrected chi connectivity index (χ2v) is 3.21. The minimum atomic E-state index is 0.212. The largest absolute Gasteiger partial charge is 0.299 e. The number of halogens is 1. The Hall–Kier alpha value is 0.150. The van der Waals surface area contributed by atoms with Crippen LogP contribution in [0.4, 0.5) is 0 Å². The summed E-state index contributed by atoms with van der Waals surface area (Å²) >= 11 is 3.27. The van der Waals surface area contributed by atoms with Gasteiger partial charge in [0.15, 0.2) is 0 Å². The van der Waals surface area contributed by atoms with Crippen molar-refractivity contribution in [3.8, 4) is 0 Å². The molecule has 0 rings (SSSR count). The highest BCUT2D eigenvalue weighted by atomic mass is 79.9. The van der Waals surface area contributed by atoms with Crippen molar-refractivity contribution in [3.63, 3.8) is 0 Å². The molecule has 0 saturated heterocycles. The fourth-order valence-electron chi connectivity index (χ4n) is 0.530. The van der Waals surface area contributed by atoms with Crippen LogP contribution in [0.15, 0.2) is 0 Å². The lowest BCUT2D eigenvalue weighted by Gasteiger charge is -2.00. The summed E-state index contributed by atoms with van der Waals surface area (Å²) in [4.78, 5) is 10.9. The van der Waals surface area contributed by atoms with E-state index >= 15 is 0 Å². The lowest BCUT2D eigenvalue weighted by atomic mass is 10.1. The van der Waals surface area contributed by atoms with E-state index < -0.39 is 0 Å². The molecular weight excluding hydrogens is 180 g/mol. The number of rotatable bonds is 4. The fourth-order valence-corrected chi connectivity index (χ4v) is 0.810. The topological polar surface area (TPSA) is 17.1 Å². The maximum absolute atomic E-state index is 10.9. The molecule has 0 fully saturated rings. The molecule has 0 spiro atoms. The summed E-state index contributed by atoms with van der Waals surface area (Å²) < 4.78 is 0. The lowest BCUT2D eigenvalue weighted by Crippen LogP contribution is -2.06. The molecule has 0 aliphatic rings. The van der Waals surface area contributed by atoms with Crippen LogP contribution in [0.1, 0.15) is 26.7 Å². The van der Waals surface area contributed by atoms with Crippen molar-refractivity contribution in [2.75, 3.05) is 5.33 Å². The Balaban J connectivity index is 3.28. The number of carbonyl (C=O) groups excluding carboxylic acids is 1. The first kappa shape index (κ1) is 9.15. The predicted molar refractivity (Wildman–Crippen MR) is 42.9 cm³/mol. The third-order valence-electron chi connectivity index (χ3n) is 1.20. The van der Waals surface area contributed by atoms with Gasteiger partial charge in [-0.2, -0.15) is 0 Å². The molecule has 0 amide bonds. The van der Waals surface area contributed by atoms with Crippen molar-refractivity contribution in [2.45, 2.75) is 26.7 Å². The van der Waals surface area contributed by atoms with Crippen molar-refractivity contribution < 1.29 is 4.79 Å². The van der Waals surface area contributed by atoms with E-state index in [4.69, 9.17) is 0 Å². The van der Waals surface area contributed by atoms with E-state index in [1.807, 2.05) is 13.8 Å². The van der Waals surface area contributed by atoms with E-state index in [1.54, 1.807) is 0 Å². The molecule has 54 valence electrons. The summed E-state index contributed by atoms with van der Waals surface area (Å²) in [5, 5.41) is 0.936. The fraction of sp³-hybridized carbons (Fsp3) is 0.857. The quantitative estimate of drug-likeness (QED) is 0.626. The van der Waals surface area contributed by atoms with Crippen LogP contribution in [0.5, 0.6) is 0 Å². The van der Waals surface area contributed by atoms with Crippen molar-refractivity contribution in [3.05, 3.63) is 0 Å². The van der Waals surface area contributed by atoms with Gasteiger partial charge in [0.1, 0.15) is 5.78 Å². The molecule has 1 nitrogen and oxygen atoms in total. The standard InChI is InChI=1S/C7H13BrO/c1-6(2)7(9)4-3-5-8/h6H,3-5H2,1-2H3. The molecule has 0 heterocycles. The number of Topliss-reactive ketones (excluding diaryl/α,β-unsaturated/α-hetero) is 1. The summed E-state index contributed by atoms with van der Waals surface area (Å²) in [7, 11) is 0. The number of hydrogen-bond donors (Lipinski definition) is 0. The molecule has 0 unspecified atom stereocenters. The Bertz CT molecular complexity index is 88.9. The summed E-state index contributed by atoms with van der Waals surface area (Å²) in [5.74, 6) is 0.582. The molecule has 0 bridgehead atoms. The third-order valence-corrected chi connectivity index (χ3v) is 1.76. The predicted octanol–water partition coefficient (Wildman–Crippen LogP) is 2.39. The van der Waals surface area contributed by atoms with Gasteiger partial charge in [-0.1, -0.05) is 29.8 Å². The molecular formula is C7H13BrO. The van der Waals surface area contributed by atoms with Crippen molar-refractivity contribution >= 4 is 21.7 Å². The van der Waals surface area contributed by atoms with E-state index in [9.17, 15) is 4.79 Å². The van der Waals surface area contributed by atoms with E-state index in [0.717, 1.165) is 18.2 Å². The molecule has 9 heavy (non-hydrogen) atoms. The first-order valence-corrected chi connectivity index (χ1v) is 4.39. The van der Waals surface area contributed by atoms with E-state index in [0.29, 0.717) is 5.78 Å². The van der Waals surface area contributed by atoms with Crippen LogP contribution in [-0.4, -0.2) is 11.1 Å². The second-order valence-electron chi connectivity index (χ2n) is 2.41. The number of hydrogen-bond acceptors (Lipinski definition) is 1. The van der Waals surface area contributed by atoms with Gasteiger partial charge in [0.05, 0.1) is 0 Å². The van der Waals surface area contributed by atoms with Crippen LogP contribution in [0.3, 0.4) is 0 Å². The Labute approximate surface area is 65.0 Å². The first-order chi connectivity index (χ1) is 4.18. The normalized spacial score (nSPS) is 10.2. The molecule has 0 aliphatic carbocycles. The lowest BCUT2D eigenvalue weighted by molar-refractivity contribution is -0.121. The number of alkyl halides is 1. The molecule has 0 aromatic rings. The van der Waals surface area contributed by atoms with Crippen LogP contribution in [0.25, 0.3) is 0 Å². The summed E-state index contributed by atoms with van der Waals surface area (Å²) in [5.41, 5.74) is 0. The smallest absolute Gasteiger partial charge is 0.135 e. The Kier molecular flexibility index (Phi) is 5.06. The highest BCUT2D eigenvalue weighted by Gasteiger charge is 2.04. The van der Waals surface area contributed by atoms with Gasteiger partial charge < -0.3 is 0 Å². The van der Waals surface area contributed by atoms with Gasteiger partial charge >= 0.3 is 0 Å². The highest BCUT2D eigenvalue weighted by molar-refractivity contribution is 9.09. The van der Waals surface area contributed by atoms with Crippen LogP contribution < -0.4 is 0 Å². The minimum absolute atomic E-state index is 0.212. The van der Waals surface area contributed by atoms with Gasteiger partial charge in [0.2, 0.25) is 0 Å². The SMILES string of the molecule is CC(C)C(=O)CCCBr. The molecule has 2 heteroatoms.